The second kappa shape index (κ2) is 7.45. The molecule has 2 amide bonds. The fourth-order valence-corrected chi connectivity index (χ4v) is 2.10. The Morgan fingerprint density at radius 3 is 2.17 bits per heavy atom. The van der Waals surface area contributed by atoms with Gasteiger partial charge in [-0.15, -0.1) is 0 Å². The summed E-state index contributed by atoms with van der Waals surface area (Å²) >= 11 is 0. The zero-order valence-electron chi connectivity index (χ0n) is 13.5. The Labute approximate surface area is 135 Å². The summed E-state index contributed by atoms with van der Waals surface area (Å²) in [6.07, 6.45) is -0.259. The molecule has 5 nitrogen and oxygen atoms in total. The van der Waals surface area contributed by atoms with E-state index >= 15 is 0 Å². The van der Waals surface area contributed by atoms with Crippen molar-refractivity contribution in [3.63, 3.8) is 0 Å². The summed E-state index contributed by atoms with van der Waals surface area (Å²) < 4.78 is 5.20. The highest BCUT2D eigenvalue weighted by atomic mass is 16.5. The van der Waals surface area contributed by atoms with Crippen LogP contribution in [0.4, 0.5) is 11.4 Å². The normalized spacial score (nSPS) is 10.0. The lowest BCUT2D eigenvalue weighted by atomic mass is 10.2. The molecule has 0 aliphatic heterocycles. The van der Waals surface area contributed by atoms with Gasteiger partial charge in [0.25, 0.3) is 0 Å². The van der Waals surface area contributed by atoms with E-state index in [4.69, 9.17) is 4.74 Å². The highest BCUT2D eigenvalue weighted by Gasteiger charge is 2.12. The van der Waals surface area contributed by atoms with E-state index < -0.39 is 5.91 Å². The van der Waals surface area contributed by atoms with Gasteiger partial charge in [-0.05, 0) is 43.7 Å². The molecule has 0 saturated carbocycles. The summed E-state index contributed by atoms with van der Waals surface area (Å²) in [6.45, 7) is 3.88. The molecule has 0 aliphatic rings. The molecule has 0 saturated heterocycles. The third kappa shape index (κ3) is 4.85. The zero-order chi connectivity index (χ0) is 16.8. The number of carbonyl (C=O) groups is 2. The quantitative estimate of drug-likeness (QED) is 0.833. The zero-order valence-corrected chi connectivity index (χ0v) is 13.5. The fourth-order valence-electron chi connectivity index (χ4n) is 2.10. The lowest BCUT2D eigenvalue weighted by Crippen LogP contribution is -2.21. The highest BCUT2D eigenvalue weighted by Crippen LogP contribution is 2.25. The monoisotopic (exact) mass is 312 g/mol. The first-order valence-corrected chi connectivity index (χ1v) is 7.29. The summed E-state index contributed by atoms with van der Waals surface area (Å²) in [5.41, 5.74) is 3.32. The molecule has 0 unspecified atom stereocenters. The van der Waals surface area contributed by atoms with Crippen LogP contribution in [0.1, 0.15) is 17.5 Å². The van der Waals surface area contributed by atoms with E-state index in [-0.39, 0.29) is 12.3 Å². The van der Waals surface area contributed by atoms with E-state index in [2.05, 4.69) is 10.6 Å². The van der Waals surface area contributed by atoms with E-state index in [1.54, 1.807) is 24.3 Å². The van der Waals surface area contributed by atoms with Gasteiger partial charge in [-0.3, -0.25) is 9.59 Å². The van der Waals surface area contributed by atoms with Crippen molar-refractivity contribution >= 4 is 23.2 Å². The first-order valence-electron chi connectivity index (χ1n) is 7.29. The third-order valence-electron chi connectivity index (χ3n) is 3.29. The number of aryl methyl sites for hydroxylation is 2. The van der Waals surface area contributed by atoms with E-state index in [0.717, 1.165) is 11.1 Å². The second-order valence-electron chi connectivity index (χ2n) is 5.34. The number of hydrogen-bond donors (Lipinski definition) is 2. The Morgan fingerprint density at radius 2 is 1.52 bits per heavy atom. The number of rotatable bonds is 5. The van der Waals surface area contributed by atoms with E-state index in [9.17, 15) is 9.59 Å². The summed E-state index contributed by atoms with van der Waals surface area (Å²) in [7, 11) is 1.53. The molecule has 2 N–H and O–H groups in total. The van der Waals surface area contributed by atoms with Gasteiger partial charge in [0.15, 0.2) is 0 Å². The summed E-state index contributed by atoms with van der Waals surface area (Å²) in [5.74, 6) is -0.195. The predicted molar refractivity (Wildman–Crippen MR) is 90.8 cm³/mol. The van der Waals surface area contributed by atoms with Crippen LogP contribution in [0.25, 0.3) is 0 Å². The van der Waals surface area contributed by atoms with Crippen molar-refractivity contribution in [2.45, 2.75) is 20.3 Å². The minimum absolute atomic E-state index is 0.259. The Balaban J connectivity index is 1.95. The Kier molecular flexibility index (Phi) is 5.36. The molecule has 23 heavy (non-hydrogen) atoms. The molecule has 0 fully saturated rings. The van der Waals surface area contributed by atoms with Crippen molar-refractivity contribution in [1.82, 2.24) is 0 Å². The molecule has 0 radical (unpaired) electrons. The number of anilines is 2. The number of carbonyl (C=O) groups excluding carboxylic acids is 2. The van der Waals surface area contributed by atoms with Crippen LogP contribution in [-0.4, -0.2) is 18.9 Å². The van der Waals surface area contributed by atoms with Crippen LogP contribution in [0.3, 0.4) is 0 Å². The minimum Gasteiger partial charge on any atom is -0.495 e. The molecule has 0 atom stereocenters. The van der Waals surface area contributed by atoms with Crippen LogP contribution in [0.2, 0.25) is 0 Å². The molecule has 5 heteroatoms. The van der Waals surface area contributed by atoms with Crippen LogP contribution >= 0.6 is 0 Å². The van der Waals surface area contributed by atoms with E-state index in [1.165, 1.54) is 7.11 Å². The summed E-state index contributed by atoms with van der Waals surface area (Å²) in [4.78, 5) is 23.9. The highest BCUT2D eigenvalue weighted by molar-refractivity contribution is 6.08. The summed E-state index contributed by atoms with van der Waals surface area (Å²) in [6, 6.07) is 12.9. The van der Waals surface area contributed by atoms with Gasteiger partial charge < -0.3 is 15.4 Å². The average molecular weight is 312 g/mol. The van der Waals surface area contributed by atoms with E-state index in [0.29, 0.717) is 17.1 Å². The van der Waals surface area contributed by atoms with Gasteiger partial charge in [-0.2, -0.15) is 0 Å². The first-order chi connectivity index (χ1) is 11.0. The molecular formula is C18H20N2O3. The average Bonchev–Trinajstić information content (AvgIpc) is 2.49. The van der Waals surface area contributed by atoms with Gasteiger partial charge in [0.05, 0.1) is 12.8 Å². The van der Waals surface area contributed by atoms with Gasteiger partial charge in [0.2, 0.25) is 11.8 Å². The van der Waals surface area contributed by atoms with Gasteiger partial charge in [-0.1, -0.05) is 23.8 Å². The van der Waals surface area contributed by atoms with Crippen molar-refractivity contribution in [3.05, 3.63) is 53.6 Å². The fraction of sp³-hybridized carbons (Fsp3) is 0.222. The molecule has 0 heterocycles. The minimum atomic E-state index is -0.390. The van der Waals surface area contributed by atoms with Crippen LogP contribution in [0, 0.1) is 13.8 Å². The summed E-state index contributed by atoms with van der Waals surface area (Å²) in [5, 5.41) is 5.40. The van der Waals surface area contributed by atoms with Crippen molar-refractivity contribution in [2.75, 3.05) is 17.7 Å². The number of amides is 2. The maximum Gasteiger partial charge on any atom is 0.233 e. The van der Waals surface area contributed by atoms with E-state index in [1.807, 2.05) is 32.0 Å². The number of ether oxygens (including phenoxy) is 1. The molecule has 0 aliphatic carbocycles. The van der Waals surface area contributed by atoms with Crippen molar-refractivity contribution in [2.24, 2.45) is 0 Å². The van der Waals surface area contributed by atoms with Crippen LogP contribution in [-0.2, 0) is 9.59 Å². The Bertz CT molecular complexity index is 709. The molecule has 2 aromatic rings. The van der Waals surface area contributed by atoms with Crippen molar-refractivity contribution in [3.8, 4) is 5.75 Å². The van der Waals surface area contributed by atoms with Gasteiger partial charge in [-0.25, -0.2) is 0 Å². The lowest BCUT2D eigenvalue weighted by molar-refractivity contribution is -0.123. The van der Waals surface area contributed by atoms with Crippen LogP contribution in [0.15, 0.2) is 42.5 Å². The van der Waals surface area contributed by atoms with Gasteiger partial charge >= 0.3 is 0 Å². The molecule has 0 aromatic heterocycles. The van der Waals surface area contributed by atoms with Crippen LogP contribution in [0.5, 0.6) is 5.75 Å². The SMILES string of the molecule is COc1ccc(C)cc1NC(=O)CC(=O)Nc1ccc(C)cc1. The molecule has 0 bridgehead atoms. The number of nitrogens with one attached hydrogen (secondary N) is 2. The lowest BCUT2D eigenvalue weighted by Gasteiger charge is -2.11. The molecule has 0 spiro atoms. The van der Waals surface area contributed by atoms with Gasteiger partial charge in [0.1, 0.15) is 12.2 Å². The maximum absolute atomic E-state index is 12.0. The van der Waals surface area contributed by atoms with Crippen molar-refractivity contribution in [1.29, 1.82) is 0 Å². The number of hydrogen-bond acceptors (Lipinski definition) is 3. The third-order valence-corrected chi connectivity index (χ3v) is 3.29. The van der Waals surface area contributed by atoms with Crippen LogP contribution < -0.4 is 15.4 Å². The van der Waals surface area contributed by atoms with Gasteiger partial charge in [0, 0.05) is 5.69 Å². The molecule has 2 rings (SSSR count). The largest absolute Gasteiger partial charge is 0.495 e. The second-order valence-corrected chi connectivity index (χ2v) is 5.34. The standard InChI is InChI=1S/C18H20N2O3/c1-12-4-7-14(8-5-12)19-17(21)11-18(22)20-15-10-13(2)6-9-16(15)23-3/h4-10H,11H2,1-3H3,(H,19,21)(H,20,22). The Morgan fingerprint density at radius 1 is 0.913 bits per heavy atom. The number of methoxy groups -OCH3 is 1. The molecule has 120 valence electrons. The molecule has 2 aromatic carbocycles. The van der Waals surface area contributed by atoms with Crippen molar-refractivity contribution < 1.29 is 14.3 Å². The maximum atomic E-state index is 12.0. The number of benzene rings is 2. The smallest absolute Gasteiger partial charge is 0.233 e. The topological polar surface area (TPSA) is 67.4 Å². The predicted octanol–water partition coefficient (Wildman–Crippen LogP) is 3.28. The molecular weight excluding hydrogens is 292 g/mol. The first kappa shape index (κ1) is 16.5. The Hall–Kier alpha value is -2.82.